The first-order valence-corrected chi connectivity index (χ1v) is 8.18. The molecule has 1 amide bonds. The molecule has 0 aliphatic heterocycles. The van der Waals surface area contributed by atoms with Gasteiger partial charge >= 0.3 is 0 Å². The summed E-state index contributed by atoms with van der Waals surface area (Å²) in [5, 5.41) is 8.94. The van der Waals surface area contributed by atoms with Gasteiger partial charge in [0.2, 0.25) is 5.91 Å². The lowest BCUT2D eigenvalue weighted by Crippen LogP contribution is -2.15. The number of rotatable bonds is 8. The van der Waals surface area contributed by atoms with Crippen molar-refractivity contribution < 1.29 is 9.53 Å². The van der Waals surface area contributed by atoms with Gasteiger partial charge in [-0.05, 0) is 26.0 Å². The molecule has 2 N–H and O–H groups in total. The number of hydrogen-bond donors (Lipinski definition) is 1. The predicted octanol–water partition coefficient (Wildman–Crippen LogP) is 2.49. The quantitative estimate of drug-likeness (QED) is 0.593. The largest absolute Gasteiger partial charge is 0.483 e. The monoisotopic (exact) mass is 332 g/mol. The van der Waals surface area contributed by atoms with Crippen LogP contribution in [0.15, 0.2) is 42.1 Å². The first-order chi connectivity index (χ1) is 11.0. The molecule has 1 heterocycles. The van der Waals surface area contributed by atoms with Crippen LogP contribution in [0.25, 0.3) is 0 Å². The van der Waals surface area contributed by atoms with Gasteiger partial charge in [-0.15, -0.1) is 16.8 Å². The number of carbonyl (C=O) groups is 1. The summed E-state index contributed by atoms with van der Waals surface area (Å²) >= 11 is 1.25. The lowest BCUT2D eigenvalue weighted by Gasteiger charge is -2.15. The molecule has 2 aromatic rings. The normalized spacial score (nSPS) is 11.9. The van der Waals surface area contributed by atoms with Gasteiger partial charge in [0, 0.05) is 6.54 Å². The minimum absolute atomic E-state index is 0.155. The smallest absolute Gasteiger partial charge is 0.227 e. The van der Waals surface area contributed by atoms with Crippen molar-refractivity contribution in [2.45, 2.75) is 31.7 Å². The van der Waals surface area contributed by atoms with Crippen LogP contribution in [0.2, 0.25) is 0 Å². The fourth-order valence-electron chi connectivity index (χ4n) is 2.02. The molecule has 6 nitrogen and oxygen atoms in total. The summed E-state index contributed by atoms with van der Waals surface area (Å²) in [6.07, 6.45) is 1.47. The third-order valence-corrected chi connectivity index (χ3v) is 4.09. The molecule has 2 rings (SSSR count). The number of nitrogens with two attached hydrogens (primary N) is 1. The van der Waals surface area contributed by atoms with Crippen LogP contribution in [0.1, 0.15) is 24.4 Å². The Bertz CT molecular complexity index is 682. The number of aromatic nitrogens is 3. The zero-order valence-electron chi connectivity index (χ0n) is 13.2. The Hall–Kier alpha value is -2.28. The van der Waals surface area contributed by atoms with E-state index >= 15 is 0 Å². The topological polar surface area (TPSA) is 83.0 Å². The second-order valence-corrected chi connectivity index (χ2v) is 6.01. The van der Waals surface area contributed by atoms with Gasteiger partial charge in [0.25, 0.3) is 0 Å². The van der Waals surface area contributed by atoms with E-state index in [1.165, 1.54) is 17.3 Å². The van der Waals surface area contributed by atoms with Gasteiger partial charge < -0.3 is 10.5 Å². The van der Waals surface area contributed by atoms with E-state index in [1.807, 2.05) is 42.7 Å². The van der Waals surface area contributed by atoms with E-state index in [4.69, 9.17) is 10.5 Å². The molecule has 0 bridgehead atoms. The summed E-state index contributed by atoms with van der Waals surface area (Å²) in [5.41, 5.74) is 6.35. The van der Waals surface area contributed by atoms with E-state index in [2.05, 4.69) is 16.8 Å². The first-order valence-electron chi connectivity index (χ1n) is 7.19. The Morgan fingerprint density at radius 3 is 2.74 bits per heavy atom. The van der Waals surface area contributed by atoms with Crippen molar-refractivity contribution in [3.05, 3.63) is 48.3 Å². The van der Waals surface area contributed by atoms with Crippen LogP contribution >= 0.6 is 11.8 Å². The highest BCUT2D eigenvalue weighted by molar-refractivity contribution is 7.99. The standard InChI is InChI=1S/C16H20N4O2S/c1-4-9-20-15(18-19-16(20)23-10-14(17)21)12(3)22-13-7-5-11(2)6-8-13/h4-8,12H,1,9-10H2,2-3H3,(H2,17,21). The molecule has 122 valence electrons. The fourth-order valence-corrected chi connectivity index (χ4v) is 2.71. The Labute approximate surface area is 139 Å². The van der Waals surface area contributed by atoms with Crippen molar-refractivity contribution in [3.8, 4) is 5.75 Å². The van der Waals surface area contributed by atoms with Crippen LogP contribution in [-0.2, 0) is 11.3 Å². The maximum absolute atomic E-state index is 11.0. The van der Waals surface area contributed by atoms with Crippen molar-refractivity contribution in [1.82, 2.24) is 14.8 Å². The number of thioether (sulfide) groups is 1. The van der Waals surface area contributed by atoms with E-state index in [9.17, 15) is 4.79 Å². The Morgan fingerprint density at radius 1 is 1.43 bits per heavy atom. The van der Waals surface area contributed by atoms with E-state index < -0.39 is 5.91 Å². The van der Waals surface area contributed by atoms with Crippen molar-refractivity contribution in [2.75, 3.05) is 5.75 Å². The van der Waals surface area contributed by atoms with Crippen LogP contribution in [-0.4, -0.2) is 26.4 Å². The third-order valence-electron chi connectivity index (χ3n) is 3.10. The number of hydrogen-bond acceptors (Lipinski definition) is 5. The molecule has 23 heavy (non-hydrogen) atoms. The number of allylic oxidation sites excluding steroid dienone is 1. The van der Waals surface area contributed by atoms with Crippen LogP contribution in [0.3, 0.4) is 0 Å². The predicted molar refractivity (Wildman–Crippen MR) is 90.4 cm³/mol. The first kappa shape index (κ1) is 17.1. The summed E-state index contributed by atoms with van der Waals surface area (Å²) in [6.45, 7) is 8.21. The van der Waals surface area contributed by atoms with Crippen molar-refractivity contribution >= 4 is 17.7 Å². The van der Waals surface area contributed by atoms with Gasteiger partial charge in [-0.2, -0.15) is 0 Å². The average molecular weight is 332 g/mol. The van der Waals surface area contributed by atoms with Gasteiger partial charge in [-0.3, -0.25) is 9.36 Å². The molecule has 0 aliphatic carbocycles. The van der Waals surface area contributed by atoms with Crippen LogP contribution < -0.4 is 10.5 Å². The van der Waals surface area contributed by atoms with Crippen LogP contribution in [0, 0.1) is 6.92 Å². The molecule has 0 spiro atoms. The number of ether oxygens (including phenoxy) is 1. The zero-order valence-corrected chi connectivity index (χ0v) is 14.0. The molecule has 1 aromatic carbocycles. The fraction of sp³-hybridized carbons (Fsp3) is 0.312. The maximum atomic E-state index is 11.0. The van der Waals surface area contributed by atoms with E-state index in [-0.39, 0.29) is 11.9 Å². The number of amides is 1. The second kappa shape index (κ2) is 7.82. The molecule has 0 saturated carbocycles. The summed E-state index contributed by atoms with van der Waals surface area (Å²) in [6, 6.07) is 7.82. The highest BCUT2D eigenvalue weighted by Gasteiger charge is 2.19. The van der Waals surface area contributed by atoms with Gasteiger partial charge in [0.1, 0.15) is 5.75 Å². The van der Waals surface area contributed by atoms with Gasteiger partial charge in [-0.25, -0.2) is 0 Å². The van der Waals surface area contributed by atoms with Gasteiger partial charge in [0.05, 0.1) is 5.75 Å². The van der Waals surface area contributed by atoms with Crippen LogP contribution in [0.5, 0.6) is 5.75 Å². The van der Waals surface area contributed by atoms with Gasteiger partial charge in [-0.1, -0.05) is 35.5 Å². The Balaban J connectivity index is 2.17. The summed E-state index contributed by atoms with van der Waals surface area (Å²) in [4.78, 5) is 11.0. The Kier molecular flexibility index (Phi) is 5.81. The molecular formula is C16H20N4O2S. The highest BCUT2D eigenvalue weighted by Crippen LogP contribution is 2.24. The molecule has 1 unspecified atom stereocenters. The summed E-state index contributed by atoms with van der Waals surface area (Å²) in [5.74, 6) is 1.20. The van der Waals surface area contributed by atoms with Crippen molar-refractivity contribution in [2.24, 2.45) is 5.73 Å². The number of primary amides is 1. The molecule has 1 aromatic heterocycles. The number of nitrogens with zero attached hydrogens (tertiary/aromatic N) is 3. The Morgan fingerprint density at radius 2 is 2.13 bits per heavy atom. The molecule has 0 aliphatic rings. The SMILES string of the molecule is C=CCn1c(SCC(N)=O)nnc1C(C)Oc1ccc(C)cc1. The maximum Gasteiger partial charge on any atom is 0.227 e. The van der Waals surface area contributed by atoms with E-state index in [0.717, 1.165) is 5.75 Å². The minimum Gasteiger partial charge on any atom is -0.483 e. The number of aryl methyl sites for hydroxylation is 1. The lowest BCUT2D eigenvalue weighted by molar-refractivity contribution is -0.115. The average Bonchev–Trinajstić information content (AvgIpc) is 2.91. The highest BCUT2D eigenvalue weighted by atomic mass is 32.2. The van der Waals surface area contributed by atoms with Gasteiger partial charge in [0.15, 0.2) is 17.1 Å². The van der Waals surface area contributed by atoms with Crippen molar-refractivity contribution in [3.63, 3.8) is 0 Å². The summed E-state index contributed by atoms with van der Waals surface area (Å²) in [7, 11) is 0. The van der Waals surface area contributed by atoms with Crippen LogP contribution in [0.4, 0.5) is 0 Å². The third kappa shape index (κ3) is 4.59. The number of carbonyl (C=O) groups excluding carboxylic acids is 1. The second-order valence-electron chi connectivity index (χ2n) is 5.07. The van der Waals surface area contributed by atoms with Crippen molar-refractivity contribution in [1.29, 1.82) is 0 Å². The molecule has 0 fully saturated rings. The zero-order chi connectivity index (χ0) is 16.8. The molecular weight excluding hydrogens is 312 g/mol. The van der Waals surface area contributed by atoms with E-state index in [1.54, 1.807) is 6.08 Å². The molecule has 1 atom stereocenters. The summed E-state index contributed by atoms with van der Waals surface area (Å²) < 4.78 is 7.80. The molecule has 0 saturated heterocycles. The van der Waals surface area contributed by atoms with E-state index in [0.29, 0.717) is 17.5 Å². The number of benzene rings is 1. The molecule has 7 heteroatoms. The lowest BCUT2D eigenvalue weighted by atomic mass is 10.2. The minimum atomic E-state index is -0.395. The molecule has 0 radical (unpaired) electrons.